The number of nitrogens with one attached hydrogen (secondary N) is 1. The molecule has 0 spiro atoms. The van der Waals surface area contributed by atoms with Crippen LogP contribution in [0.3, 0.4) is 0 Å². The zero-order chi connectivity index (χ0) is 14.0. The van der Waals surface area contributed by atoms with E-state index in [9.17, 15) is 0 Å². The molecule has 2 heteroatoms. The Kier molecular flexibility index (Phi) is 5.67. The first kappa shape index (κ1) is 14.1. The van der Waals surface area contributed by atoms with Crippen molar-refractivity contribution < 1.29 is 0 Å². The van der Waals surface area contributed by atoms with Gasteiger partial charge in [-0.15, -0.1) is 0 Å². The average Bonchev–Trinajstić information content (AvgIpc) is 2.52. The van der Waals surface area contributed by atoms with Crippen molar-refractivity contribution in [2.24, 2.45) is 0 Å². The van der Waals surface area contributed by atoms with Crippen LogP contribution in [0.25, 0.3) is 11.1 Å². The number of nitriles is 1. The molecule has 1 N–H and O–H groups in total. The third kappa shape index (κ3) is 4.44. The van der Waals surface area contributed by atoms with E-state index in [1.807, 2.05) is 6.07 Å². The molecule has 0 aliphatic carbocycles. The Morgan fingerprint density at radius 3 is 2.45 bits per heavy atom. The van der Waals surface area contributed by atoms with Gasteiger partial charge in [-0.3, -0.25) is 0 Å². The van der Waals surface area contributed by atoms with Crippen molar-refractivity contribution in [1.82, 2.24) is 0 Å². The Hall–Kier alpha value is -2.27. The van der Waals surface area contributed by atoms with Crippen LogP contribution in [-0.4, -0.2) is 6.54 Å². The molecule has 2 aromatic carbocycles. The third-order valence-corrected chi connectivity index (χ3v) is 3.26. The van der Waals surface area contributed by atoms with Crippen molar-refractivity contribution >= 4 is 5.69 Å². The molecule has 0 bridgehead atoms. The van der Waals surface area contributed by atoms with Crippen LogP contribution in [0, 0.1) is 11.3 Å². The largest absolute Gasteiger partial charge is 0.385 e. The molecule has 0 aliphatic heterocycles. The minimum Gasteiger partial charge on any atom is -0.385 e. The molecule has 0 amide bonds. The van der Waals surface area contributed by atoms with Gasteiger partial charge < -0.3 is 5.32 Å². The molecule has 0 saturated carbocycles. The summed E-state index contributed by atoms with van der Waals surface area (Å²) in [6, 6.07) is 21.1. The average molecular weight is 264 g/mol. The van der Waals surface area contributed by atoms with Gasteiger partial charge in [0.25, 0.3) is 0 Å². The Balaban J connectivity index is 1.86. The second kappa shape index (κ2) is 8.01. The zero-order valence-electron chi connectivity index (χ0n) is 11.7. The summed E-state index contributed by atoms with van der Waals surface area (Å²) in [4.78, 5) is 0. The van der Waals surface area contributed by atoms with E-state index in [0.717, 1.165) is 31.5 Å². The minimum absolute atomic E-state index is 0.670. The molecule has 0 radical (unpaired) electrons. The number of hydrogen-bond donors (Lipinski definition) is 1. The standard InChI is InChI=1S/C18H20N2/c19-13-6-1-2-7-14-20-18-12-8-11-17(15-18)16-9-4-3-5-10-16/h3-5,8-12,15,20H,1-2,6-7,14H2. The summed E-state index contributed by atoms with van der Waals surface area (Å²) in [7, 11) is 0. The fourth-order valence-corrected chi connectivity index (χ4v) is 2.18. The van der Waals surface area contributed by atoms with Crippen LogP contribution in [0.4, 0.5) is 5.69 Å². The predicted octanol–water partition coefficient (Wildman–Crippen LogP) is 4.85. The van der Waals surface area contributed by atoms with Crippen molar-refractivity contribution in [2.75, 3.05) is 11.9 Å². The van der Waals surface area contributed by atoms with E-state index < -0.39 is 0 Å². The van der Waals surface area contributed by atoms with Crippen molar-refractivity contribution in [3.05, 3.63) is 54.6 Å². The van der Waals surface area contributed by atoms with Crippen LogP contribution >= 0.6 is 0 Å². The number of benzene rings is 2. The van der Waals surface area contributed by atoms with Crippen LogP contribution < -0.4 is 5.32 Å². The first-order chi connectivity index (χ1) is 9.90. The number of nitrogens with zero attached hydrogens (tertiary/aromatic N) is 1. The number of rotatable bonds is 7. The number of anilines is 1. The molecule has 0 heterocycles. The van der Waals surface area contributed by atoms with E-state index in [4.69, 9.17) is 5.26 Å². The third-order valence-electron chi connectivity index (χ3n) is 3.26. The van der Waals surface area contributed by atoms with E-state index in [0.29, 0.717) is 6.42 Å². The van der Waals surface area contributed by atoms with Gasteiger partial charge in [-0.2, -0.15) is 5.26 Å². The molecule has 2 nitrogen and oxygen atoms in total. The summed E-state index contributed by atoms with van der Waals surface area (Å²) in [5.41, 5.74) is 3.64. The number of hydrogen-bond acceptors (Lipinski definition) is 2. The van der Waals surface area contributed by atoms with E-state index in [1.54, 1.807) is 0 Å². The lowest BCUT2D eigenvalue weighted by Crippen LogP contribution is -2.01. The van der Waals surface area contributed by atoms with E-state index >= 15 is 0 Å². The van der Waals surface area contributed by atoms with Crippen molar-refractivity contribution in [1.29, 1.82) is 5.26 Å². The smallest absolute Gasteiger partial charge is 0.0621 e. The maximum atomic E-state index is 8.47. The van der Waals surface area contributed by atoms with Gasteiger partial charge in [0.2, 0.25) is 0 Å². The van der Waals surface area contributed by atoms with Gasteiger partial charge >= 0.3 is 0 Å². The molecule has 20 heavy (non-hydrogen) atoms. The van der Waals surface area contributed by atoms with Crippen LogP contribution in [0.15, 0.2) is 54.6 Å². The van der Waals surface area contributed by atoms with Gasteiger partial charge in [-0.25, -0.2) is 0 Å². The Morgan fingerprint density at radius 2 is 1.65 bits per heavy atom. The van der Waals surface area contributed by atoms with Gasteiger partial charge in [0.15, 0.2) is 0 Å². The molecule has 0 aliphatic rings. The van der Waals surface area contributed by atoms with E-state index in [2.05, 4.69) is 59.9 Å². The summed E-state index contributed by atoms with van der Waals surface area (Å²) >= 11 is 0. The monoisotopic (exact) mass is 264 g/mol. The SMILES string of the molecule is N#CCCCCCNc1cccc(-c2ccccc2)c1. The zero-order valence-corrected chi connectivity index (χ0v) is 11.7. The molecule has 102 valence electrons. The topological polar surface area (TPSA) is 35.8 Å². The van der Waals surface area contributed by atoms with Crippen LogP contribution in [0.5, 0.6) is 0 Å². The molecule has 0 fully saturated rings. The first-order valence-electron chi connectivity index (χ1n) is 7.16. The first-order valence-corrected chi connectivity index (χ1v) is 7.16. The summed E-state index contributed by atoms with van der Waals surface area (Å²) in [6.07, 6.45) is 3.89. The van der Waals surface area contributed by atoms with Crippen molar-refractivity contribution in [3.8, 4) is 17.2 Å². The van der Waals surface area contributed by atoms with Crippen LogP contribution in [-0.2, 0) is 0 Å². The summed E-state index contributed by atoms with van der Waals surface area (Å²) < 4.78 is 0. The fraction of sp³-hybridized carbons (Fsp3) is 0.278. The highest BCUT2D eigenvalue weighted by Gasteiger charge is 1.98. The highest BCUT2D eigenvalue weighted by Crippen LogP contribution is 2.22. The number of unbranched alkanes of at least 4 members (excludes halogenated alkanes) is 3. The molecule has 0 atom stereocenters. The molecule has 0 aromatic heterocycles. The van der Waals surface area contributed by atoms with Crippen LogP contribution in [0.1, 0.15) is 25.7 Å². The van der Waals surface area contributed by atoms with Gasteiger partial charge in [0.05, 0.1) is 6.07 Å². The Morgan fingerprint density at radius 1 is 0.850 bits per heavy atom. The summed E-state index contributed by atoms with van der Waals surface area (Å²) in [5, 5.41) is 11.9. The van der Waals surface area contributed by atoms with Gasteiger partial charge in [0.1, 0.15) is 0 Å². The molecule has 0 saturated heterocycles. The highest BCUT2D eigenvalue weighted by molar-refractivity contribution is 5.67. The van der Waals surface area contributed by atoms with Crippen molar-refractivity contribution in [3.63, 3.8) is 0 Å². The predicted molar refractivity (Wildman–Crippen MR) is 84.4 cm³/mol. The second-order valence-corrected chi connectivity index (χ2v) is 4.84. The summed E-state index contributed by atoms with van der Waals surface area (Å²) in [6.45, 7) is 0.962. The van der Waals surface area contributed by atoms with Gasteiger partial charge in [-0.1, -0.05) is 48.9 Å². The normalized spacial score (nSPS) is 9.95. The van der Waals surface area contributed by atoms with E-state index in [1.165, 1.54) is 11.1 Å². The lowest BCUT2D eigenvalue weighted by atomic mass is 10.1. The van der Waals surface area contributed by atoms with Gasteiger partial charge in [-0.05, 0) is 36.1 Å². The Labute approximate surface area is 121 Å². The molecule has 2 aromatic rings. The summed E-state index contributed by atoms with van der Waals surface area (Å²) in [5.74, 6) is 0. The van der Waals surface area contributed by atoms with Gasteiger partial charge in [0, 0.05) is 18.7 Å². The molecule has 2 rings (SSSR count). The lowest BCUT2D eigenvalue weighted by Gasteiger charge is -2.08. The highest BCUT2D eigenvalue weighted by atomic mass is 14.9. The lowest BCUT2D eigenvalue weighted by molar-refractivity contribution is 0.712. The molecule has 0 unspecified atom stereocenters. The maximum absolute atomic E-state index is 8.47. The van der Waals surface area contributed by atoms with Crippen LogP contribution in [0.2, 0.25) is 0 Å². The maximum Gasteiger partial charge on any atom is 0.0621 e. The van der Waals surface area contributed by atoms with E-state index in [-0.39, 0.29) is 0 Å². The fourth-order valence-electron chi connectivity index (χ4n) is 2.18. The molecular weight excluding hydrogens is 244 g/mol. The second-order valence-electron chi connectivity index (χ2n) is 4.84. The van der Waals surface area contributed by atoms with Crippen molar-refractivity contribution in [2.45, 2.75) is 25.7 Å². The quantitative estimate of drug-likeness (QED) is 0.726. The minimum atomic E-state index is 0.670. The Bertz CT molecular complexity index is 555. The molecular formula is C18H20N2.